The lowest BCUT2D eigenvalue weighted by Crippen LogP contribution is -2.47. The van der Waals surface area contributed by atoms with Gasteiger partial charge in [0.1, 0.15) is 0 Å². The van der Waals surface area contributed by atoms with E-state index in [1.807, 2.05) is 0 Å². The number of allylic oxidation sites excluding steroid dienone is 2. The molecular weight excluding hydrogens is 356 g/mol. The SMILES string of the molecule is CCc1ccc(CN2CCN(CC3CC=CCC3)CC2)cc1.O=C(O)C(=O)O. The van der Waals surface area contributed by atoms with E-state index in [9.17, 15) is 0 Å². The molecule has 154 valence electrons. The first-order valence-corrected chi connectivity index (χ1v) is 10.1. The van der Waals surface area contributed by atoms with Crippen LogP contribution in [0.3, 0.4) is 0 Å². The lowest BCUT2D eigenvalue weighted by Gasteiger charge is -2.36. The van der Waals surface area contributed by atoms with Crippen molar-refractivity contribution in [3.63, 3.8) is 0 Å². The zero-order valence-electron chi connectivity index (χ0n) is 16.7. The van der Waals surface area contributed by atoms with Gasteiger partial charge in [-0.25, -0.2) is 9.59 Å². The molecule has 6 nitrogen and oxygen atoms in total. The number of carboxylic acid groups (broad SMARTS) is 2. The van der Waals surface area contributed by atoms with E-state index in [4.69, 9.17) is 19.8 Å². The monoisotopic (exact) mass is 388 g/mol. The van der Waals surface area contributed by atoms with E-state index < -0.39 is 11.9 Å². The van der Waals surface area contributed by atoms with Gasteiger partial charge in [-0.1, -0.05) is 43.3 Å². The number of aryl methyl sites for hydroxylation is 1. The highest BCUT2D eigenvalue weighted by Gasteiger charge is 2.20. The summed E-state index contributed by atoms with van der Waals surface area (Å²) in [5, 5.41) is 14.8. The van der Waals surface area contributed by atoms with E-state index in [1.54, 1.807) is 0 Å². The van der Waals surface area contributed by atoms with Crippen molar-refractivity contribution in [2.24, 2.45) is 5.92 Å². The van der Waals surface area contributed by atoms with Crippen LogP contribution in [0, 0.1) is 5.92 Å². The number of aliphatic carboxylic acids is 2. The van der Waals surface area contributed by atoms with Gasteiger partial charge in [0.2, 0.25) is 0 Å². The molecule has 0 saturated carbocycles. The Balaban J connectivity index is 0.000000409. The number of hydrogen-bond donors (Lipinski definition) is 2. The third kappa shape index (κ3) is 7.82. The van der Waals surface area contributed by atoms with Crippen molar-refractivity contribution < 1.29 is 19.8 Å². The van der Waals surface area contributed by atoms with Gasteiger partial charge >= 0.3 is 11.9 Å². The smallest absolute Gasteiger partial charge is 0.414 e. The standard InChI is InChI=1S/C20H30N2.C2H2O4/c1-2-18-8-10-20(11-9-18)17-22-14-12-21(13-15-22)16-19-6-4-3-5-7-19;3-1(4)2(5)6/h3-4,8-11,19H,2,5-7,12-17H2,1H3;(H,3,4)(H,5,6). The Labute approximate surface area is 167 Å². The van der Waals surface area contributed by atoms with Gasteiger partial charge < -0.3 is 15.1 Å². The molecule has 0 aromatic heterocycles. The lowest BCUT2D eigenvalue weighted by molar-refractivity contribution is -0.159. The Morgan fingerprint density at radius 1 is 0.929 bits per heavy atom. The highest BCUT2D eigenvalue weighted by Crippen LogP contribution is 2.20. The largest absolute Gasteiger partial charge is 0.473 e. The highest BCUT2D eigenvalue weighted by atomic mass is 16.4. The van der Waals surface area contributed by atoms with Crippen LogP contribution in [0.25, 0.3) is 0 Å². The van der Waals surface area contributed by atoms with Crippen molar-refractivity contribution in [3.8, 4) is 0 Å². The molecule has 6 heteroatoms. The van der Waals surface area contributed by atoms with Crippen LogP contribution < -0.4 is 0 Å². The summed E-state index contributed by atoms with van der Waals surface area (Å²) in [5.41, 5.74) is 2.90. The number of carbonyl (C=O) groups is 2. The predicted molar refractivity (Wildman–Crippen MR) is 109 cm³/mol. The molecule has 1 aromatic rings. The molecule has 1 fully saturated rings. The van der Waals surface area contributed by atoms with E-state index in [2.05, 4.69) is 53.1 Å². The maximum Gasteiger partial charge on any atom is 0.414 e. The van der Waals surface area contributed by atoms with Crippen molar-refractivity contribution in [1.82, 2.24) is 9.80 Å². The van der Waals surface area contributed by atoms with Crippen LogP contribution in [0.15, 0.2) is 36.4 Å². The molecule has 1 aliphatic carbocycles. The number of rotatable bonds is 5. The third-order valence-corrected chi connectivity index (χ3v) is 5.38. The molecule has 0 bridgehead atoms. The van der Waals surface area contributed by atoms with Gasteiger partial charge in [0.25, 0.3) is 0 Å². The molecule has 0 amide bonds. The summed E-state index contributed by atoms with van der Waals surface area (Å²) in [6.45, 7) is 9.57. The summed E-state index contributed by atoms with van der Waals surface area (Å²) in [4.78, 5) is 23.5. The fourth-order valence-corrected chi connectivity index (χ4v) is 3.66. The maximum atomic E-state index is 9.10. The normalized spacial score (nSPS) is 20.2. The van der Waals surface area contributed by atoms with Crippen LogP contribution >= 0.6 is 0 Å². The van der Waals surface area contributed by atoms with Crippen molar-refractivity contribution in [2.45, 2.75) is 39.2 Å². The predicted octanol–water partition coefficient (Wildman–Crippen LogP) is 2.88. The van der Waals surface area contributed by atoms with Crippen LogP contribution in [0.4, 0.5) is 0 Å². The van der Waals surface area contributed by atoms with Gasteiger partial charge in [0.05, 0.1) is 0 Å². The molecule has 1 atom stereocenters. The first kappa shape index (κ1) is 22.1. The van der Waals surface area contributed by atoms with Gasteiger partial charge in [-0.05, 0) is 42.7 Å². The molecule has 2 N–H and O–H groups in total. The Hall–Kier alpha value is -2.18. The fraction of sp³-hybridized carbons (Fsp3) is 0.545. The maximum absolute atomic E-state index is 9.10. The summed E-state index contributed by atoms with van der Waals surface area (Å²) in [7, 11) is 0. The number of nitrogens with zero attached hydrogens (tertiary/aromatic N) is 2. The molecule has 1 unspecified atom stereocenters. The quantitative estimate of drug-likeness (QED) is 0.596. The second kappa shape index (κ2) is 11.6. The van der Waals surface area contributed by atoms with E-state index >= 15 is 0 Å². The lowest BCUT2D eigenvalue weighted by atomic mass is 9.94. The average Bonchev–Trinajstić information content (AvgIpc) is 2.71. The molecular formula is C22H32N2O4. The molecule has 2 aliphatic rings. The number of carboxylic acids is 2. The fourth-order valence-electron chi connectivity index (χ4n) is 3.66. The van der Waals surface area contributed by atoms with Gasteiger partial charge in [-0.2, -0.15) is 0 Å². The Morgan fingerprint density at radius 2 is 1.50 bits per heavy atom. The molecule has 1 aromatic carbocycles. The Morgan fingerprint density at radius 3 is 2.00 bits per heavy atom. The van der Waals surface area contributed by atoms with Gasteiger partial charge in [0.15, 0.2) is 0 Å². The second-order valence-corrected chi connectivity index (χ2v) is 7.51. The third-order valence-electron chi connectivity index (χ3n) is 5.38. The summed E-state index contributed by atoms with van der Waals surface area (Å²) in [5.74, 6) is -2.75. The number of benzene rings is 1. The minimum Gasteiger partial charge on any atom is -0.473 e. The van der Waals surface area contributed by atoms with E-state index in [0.29, 0.717) is 0 Å². The van der Waals surface area contributed by atoms with Crippen LogP contribution in [0.5, 0.6) is 0 Å². The molecule has 28 heavy (non-hydrogen) atoms. The van der Waals surface area contributed by atoms with Crippen molar-refractivity contribution in [2.75, 3.05) is 32.7 Å². The van der Waals surface area contributed by atoms with Gasteiger partial charge in [0, 0.05) is 39.3 Å². The number of piperazine rings is 1. The molecule has 0 radical (unpaired) electrons. The summed E-state index contributed by atoms with van der Waals surface area (Å²) in [6, 6.07) is 9.17. The summed E-state index contributed by atoms with van der Waals surface area (Å²) < 4.78 is 0. The minimum atomic E-state index is -1.82. The first-order valence-electron chi connectivity index (χ1n) is 10.1. The molecule has 1 heterocycles. The zero-order chi connectivity index (χ0) is 20.4. The molecule has 0 spiro atoms. The van der Waals surface area contributed by atoms with Crippen LogP contribution in [-0.2, 0) is 22.6 Å². The van der Waals surface area contributed by atoms with E-state index in [-0.39, 0.29) is 0 Å². The van der Waals surface area contributed by atoms with Crippen molar-refractivity contribution in [1.29, 1.82) is 0 Å². The van der Waals surface area contributed by atoms with Crippen LogP contribution in [-0.4, -0.2) is 64.7 Å². The van der Waals surface area contributed by atoms with E-state index in [0.717, 1.165) is 18.9 Å². The minimum absolute atomic E-state index is 0.901. The Bertz CT molecular complexity index is 637. The zero-order valence-corrected chi connectivity index (χ0v) is 16.7. The number of hydrogen-bond acceptors (Lipinski definition) is 4. The molecule has 1 saturated heterocycles. The topological polar surface area (TPSA) is 81.1 Å². The average molecular weight is 389 g/mol. The Kier molecular flexibility index (Phi) is 9.17. The van der Waals surface area contributed by atoms with Crippen LogP contribution in [0.1, 0.15) is 37.3 Å². The van der Waals surface area contributed by atoms with Gasteiger partial charge in [-0.15, -0.1) is 0 Å². The summed E-state index contributed by atoms with van der Waals surface area (Å²) >= 11 is 0. The second-order valence-electron chi connectivity index (χ2n) is 7.51. The molecule has 3 rings (SSSR count). The van der Waals surface area contributed by atoms with E-state index in [1.165, 1.54) is 63.1 Å². The van der Waals surface area contributed by atoms with Crippen LogP contribution in [0.2, 0.25) is 0 Å². The molecule has 1 aliphatic heterocycles. The van der Waals surface area contributed by atoms with Gasteiger partial charge in [-0.3, -0.25) is 4.90 Å². The van der Waals surface area contributed by atoms with Crippen molar-refractivity contribution >= 4 is 11.9 Å². The summed E-state index contributed by atoms with van der Waals surface area (Å²) in [6.07, 6.45) is 9.83. The van der Waals surface area contributed by atoms with Crippen molar-refractivity contribution in [3.05, 3.63) is 47.5 Å². The highest BCUT2D eigenvalue weighted by molar-refractivity contribution is 6.27. The first-order chi connectivity index (χ1) is 13.5.